The Morgan fingerprint density at radius 2 is 1.14 bits per heavy atom. The van der Waals surface area contributed by atoms with E-state index in [0.717, 1.165) is 49.2 Å². The number of allylic oxidation sites excluding steroid dienone is 1. The fourth-order valence-electron chi connectivity index (χ4n) is 3.31. The third kappa shape index (κ3) is 10.00. The summed E-state index contributed by atoms with van der Waals surface area (Å²) in [5.41, 5.74) is 18.0. The van der Waals surface area contributed by atoms with Gasteiger partial charge in [0.05, 0.1) is 6.61 Å². The van der Waals surface area contributed by atoms with Gasteiger partial charge in [-0.15, -0.1) is 0 Å². The van der Waals surface area contributed by atoms with Crippen LogP contribution in [-0.4, -0.2) is 13.2 Å². The zero-order valence-corrected chi connectivity index (χ0v) is 17.7. The second-order valence-electron chi connectivity index (χ2n) is 7.91. The van der Waals surface area contributed by atoms with Gasteiger partial charge in [-0.25, -0.2) is 0 Å². The lowest BCUT2D eigenvalue weighted by Gasteiger charge is -2.08. The Bertz CT molecular complexity index is 682. The van der Waals surface area contributed by atoms with Crippen LogP contribution in [0, 0.1) is 0 Å². The van der Waals surface area contributed by atoms with Gasteiger partial charge in [-0.05, 0) is 73.1 Å². The predicted molar refractivity (Wildman–Crippen MR) is 126 cm³/mol. The van der Waals surface area contributed by atoms with E-state index < -0.39 is 0 Å². The number of rotatable bonds is 14. The molecule has 2 aromatic carbocycles. The fourth-order valence-corrected chi connectivity index (χ4v) is 3.31. The first-order valence-electron chi connectivity index (χ1n) is 10.6. The molecule has 3 heteroatoms. The summed E-state index contributed by atoms with van der Waals surface area (Å²) in [4.78, 5) is 0. The van der Waals surface area contributed by atoms with Crippen LogP contribution in [0.3, 0.4) is 0 Å². The van der Waals surface area contributed by atoms with Crippen molar-refractivity contribution in [1.82, 2.24) is 0 Å². The monoisotopic (exact) mass is 392 g/mol. The number of benzene rings is 2. The molecule has 0 fully saturated rings. The van der Waals surface area contributed by atoms with Crippen LogP contribution in [-0.2, 0) is 17.6 Å². The van der Waals surface area contributed by atoms with Crippen LogP contribution in [0.1, 0.15) is 49.7 Å². The maximum absolute atomic E-state index is 5.76. The van der Waals surface area contributed by atoms with E-state index in [1.165, 1.54) is 42.4 Å². The molecule has 2 rings (SSSR count). The molecule has 0 spiro atoms. The minimum atomic E-state index is 0.634. The highest BCUT2D eigenvalue weighted by molar-refractivity contribution is 5.40. The third-order valence-corrected chi connectivity index (χ3v) is 4.99. The predicted octanol–water partition coefficient (Wildman–Crippen LogP) is 6.11. The summed E-state index contributed by atoms with van der Waals surface area (Å²) in [5, 5.41) is 0. The van der Waals surface area contributed by atoms with Gasteiger partial charge >= 0.3 is 0 Å². The minimum Gasteiger partial charge on any atom is -0.399 e. The standard InChI is InChI=1S/C26H36N2O/c1-21(18-23-9-13-25(27)14-10-23)8-6-4-3-5-7-17-29-20-22(2)19-24-11-15-26(28)16-12-24/h9-16H,1-8,17-20,27-28H2. The topological polar surface area (TPSA) is 61.3 Å². The molecule has 0 amide bonds. The van der Waals surface area contributed by atoms with E-state index in [9.17, 15) is 0 Å². The lowest BCUT2D eigenvalue weighted by molar-refractivity contribution is 0.150. The number of hydrogen-bond donors (Lipinski definition) is 2. The molecule has 0 bridgehead atoms. The molecule has 0 aliphatic rings. The molecule has 0 saturated carbocycles. The highest BCUT2D eigenvalue weighted by atomic mass is 16.5. The van der Waals surface area contributed by atoms with Crippen molar-refractivity contribution in [3.63, 3.8) is 0 Å². The molecule has 0 unspecified atom stereocenters. The Morgan fingerprint density at radius 3 is 1.72 bits per heavy atom. The van der Waals surface area contributed by atoms with E-state index in [2.05, 4.69) is 25.3 Å². The van der Waals surface area contributed by atoms with Crippen LogP contribution in [0.25, 0.3) is 0 Å². The highest BCUT2D eigenvalue weighted by Crippen LogP contribution is 2.16. The van der Waals surface area contributed by atoms with Crippen LogP contribution < -0.4 is 11.5 Å². The van der Waals surface area contributed by atoms with E-state index in [0.29, 0.717) is 6.61 Å². The summed E-state index contributed by atoms with van der Waals surface area (Å²) in [7, 11) is 0. The molecule has 0 atom stereocenters. The van der Waals surface area contributed by atoms with E-state index in [1.54, 1.807) is 0 Å². The normalized spacial score (nSPS) is 10.8. The SMILES string of the molecule is C=C(CCCCCCCOCC(=C)Cc1ccc(N)cc1)Cc1ccc(N)cc1. The first-order chi connectivity index (χ1) is 14.0. The molecule has 156 valence electrons. The van der Waals surface area contributed by atoms with E-state index >= 15 is 0 Å². The highest BCUT2D eigenvalue weighted by Gasteiger charge is 2.00. The fraction of sp³-hybridized carbons (Fsp3) is 0.385. The van der Waals surface area contributed by atoms with Crippen LogP contribution in [0.15, 0.2) is 72.8 Å². The summed E-state index contributed by atoms with van der Waals surface area (Å²) >= 11 is 0. The van der Waals surface area contributed by atoms with Crippen molar-refractivity contribution in [1.29, 1.82) is 0 Å². The average Bonchev–Trinajstić information content (AvgIpc) is 2.70. The summed E-state index contributed by atoms with van der Waals surface area (Å²) in [6.07, 6.45) is 8.96. The first kappa shape index (κ1) is 22.8. The molecular formula is C26H36N2O. The van der Waals surface area contributed by atoms with Crippen molar-refractivity contribution in [2.45, 2.75) is 51.4 Å². The number of ether oxygens (including phenoxy) is 1. The van der Waals surface area contributed by atoms with Crippen molar-refractivity contribution in [2.75, 3.05) is 24.7 Å². The van der Waals surface area contributed by atoms with Crippen molar-refractivity contribution in [2.24, 2.45) is 0 Å². The largest absolute Gasteiger partial charge is 0.399 e. The second-order valence-corrected chi connectivity index (χ2v) is 7.91. The van der Waals surface area contributed by atoms with E-state index in [1.807, 2.05) is 36.4 Å². The number of nitrogen functional groups attached to an aromatic ring is 2. The average molecular weight is 393 g/mol. The molecular weight excluding hydrogens is 356 g/mol. The van der Waals surface area contributed by atoms with Gasteiger partial charge in [-0.2, -0.15) is 0 Å². The van der Waals surface area contributed by atoms with Gasteiger partial charge in [0.2, 0.25) is 0 Å². The maximum Gasteiger partial charge on any atom is 0.0677 e. The molecule has 3 nitrogen and oxygen atoms in total. The summed E-state index contributed by atoms with van der Waals surface area (Å²) in [5.74, 6) is 0. The van der Waals surface area contributed by atoms with Gasteiger partial charge in [-0.3, -0.25) is 0 Å². The zero-order valence-electron chi connectivity index (χ0n) is 17.7. The van der Waals surface area contributed by atoms with Crippen molar-refractivity contribution in [3.05, 3.63) is 84.0 Å². The number of nitrogens with two attached hydrogens (primary N) is 2. The number of hydrogen-bond acceptors (Lipinski definition) is 3. The van der Waals surface area contributed by atoms with Gasteiger partial charge in [0, 0.05) is 18.0 Å². The van der Waals surface area contributed by atoms with Crippen LogP contribution in [0.5, 0.6) is 0 Å². The Morgan fingerprint density at radius 1 is 0.655 bits per heavy atom. The molecule has 4 N–H and O–H groups in total. The van der Waals surface area contributed by atoms with Gasteiger partial charge in [0.1, 0.15) is 0 Å². The number of anilines is 2. The van der Waals surface area contributed by atoms with Gasteiger partial charge < -0.3 is 16.2 Å². The Kier molecular flexibility index (Phi) is 10.1. The van der Waals surface area contributed by atoms with Crippen LogP contribution >= 0.6 is 0 Å². The lowest BCUT2D eigenvalue weighted by Crippen LogP contribution is -2.02. The Hall–Kier alpha value is -2.52. The van der Waals surface area contributed by atoms with E-state index in [-0.39, 0.29) is 0 Å². The summed E-state index contributed by atoms with van der Waals surface area (Å²) < 4.78 is 5.76. The van der Waals surface area contributed by atoms with Crippen LogP contribution in [0.2, 0.25) is 0 Å². The third-order valence-electron chi connectivity index (χ3n) is 4.99. The first-order valence-corrected chi connectivity index (χ1v) is 10.6. The molecule has 0 aliphatic carbocycles. The van der Waals surface area contributed by atoms with Gasteiger partial charge in [0.15, 0.2) is 0 Å². The van der Waals surface area contributed by atoms with Crippen molar-refractivity contribution >= 4 is 11.4 Å². The number of unbranched alkanes of at least 4 members (excludes halogenated alkanes) is 4. The summed E-state index contributed by atoms with van der Waals surface area (Å²) in [6, 6.07) is 16.0. The molecule has 29 heavy (non-hydrogen) atoms. The zero-order chi connectivity index (χ0) is 20.9. The minimum absolute atomic E-state index is 0.634. The Balaban J connectivity index is 1.42. The Labute approximate surface area is 176 Å². The second kappa shape index (κ2) is 12.8. The molecule has 0 radical (unpaired) electrons. The molecule has 2 aromatic rings. The smallest absolute Gasteiger partial charge is 0.0677 e. The molecule has 0 saturated heterocycles. The molecule has 0 aliphatic heterocycles. The van der Waals surface area contributed by atoms with Crippen molar-refractivity contribution in [3.8, 4) is 0 Å². The lowest BCUT2D eigenvalue weighted by atomic mass is 10.0. The maximum atomic E-state index is 5.76. The summed E-state index contributed by atoms with van der Waals surface area (Å²) in [6.45, 7) is 9.77. The van der Waals surface area contributed by atoms with Crippen molar-refractivity contribution < 1.29 is 4.74 Å². The molecule has 0 heterocycles. The van der Waals surface area contributed by atoms with Gasteiger partial charge in [0.25, 0.3) is 0 Å². The quantitative estimate of drug-likeness (QED) is 0.232. The van der Waals surface area contributed by atoms with Crippen LogP contribution in [0.4, 0.5) is 11.4 Å². The van der Waals surface area contributed by atoms with E-state index in [4.69, 9.17) is 16.2 Å². The van der Waals surface area contributed by atoms with Gasteiger partial charge in [-0.1, -0.05) is 62.3 Å². The molecule has 0 aromatic heterocycles.